The predicted molar refractivity (Wildman–Crippen MR) is 35.2 cm³/mol. The monoisotopic (exact) mass is 176 g/mol. The summed E-state index contributed by atoms with van der Waals surface area (Å²) >= 11 is 0. The minimum Gasteiger partial charge on any atom is -0.460 e. The SMILES string of the molecule is FC(F)(F)[CH]Oc1ccccn1. The topological polar surface area (TPSA) is 22.1 Å². The molecule has 1 heterocycles. The molecule has 1 aromatic rings. The zero-order valence-corrected chi connectivity index (χ0v) is 5.88. The summed E-state index contributed by atoms with van der Waals surface area (Å²) in [4.78, 5) is 3.53. The summed E-state index contributed by atoms with van der Waals surface area (Å²) in [7, 11) is 0. The van der Waals surface area contributed by atoms with Crippen LogP contribution in [0.4, 0.5) is 13.2 Å². The first-order valence-corrected chi connectivity index (χ1v) is 3.07. The Balaban J connectivity index is 2.44. The summed E-state index contributed by atoms with van der Waals surface area (Å²) in [6.45, 7) is -0.213. The van der Waals surface area contributed by atoms with Crippen LogP contribution in [0.15, 0.2) is 24.4 Å². The zero-order valence-electron chi connectivity index (χ0n) is 5.88. The summed E-state index contributed by atoms with van der Waals surface area (Å²) < 4.78 is 38.8. The third-order valence-electron chi connectivity index (χ3n) is 0.951. The van der Waals surface area contributed by atoms with Crippen molar-refractivity contribution in [1.82, 2.24) is 4.98 Å². The van der Waals surface area contributed by atoms with Gasteiger partial charge in [0.05, 0.1) is 0 Å². The molecule has 0 saturated heterocycles. The van der Waals surface area contributed by atoms with Crippen LogP contribution in [-0.2, 0) is 0 Å². The number of alkyl halides is 3. The number of nitrogens with zero attached hydrogens (tertiary/aromatic N) is 1. The zero-order chi connectivity index (χ0) is 9.03. The van der Waals surface area contributed by atoms with Crippen molar-refractivity contribution >= 4 is 0 Å². The molecule has 0 unspecified atom stereocenters. The molecule has 1 aromatic heterocycles. The van der Waals surface area contributed by atoms with Gasteiger partial charge in [-0.05, 0) is 6.07 Å². The summed E-state index contributed by atoms with van der Waals surface area (Å²) in [6, 6.07) is 4.45. The van der Waals surface area contributed by atoms with Gasteiger partial charge in [-0.15, -0.1) is 0 Å². The molecule has 0 fully saturated rings. The summed E-state index contributed by atoms with van der Waals surface area (Å²) in [5, 5.41) is 0. The van der Waals surface area contributed by atoms with Crippen molar-refractivity contribution in [3.8, 4) is 5.88 Å². The van der Waals surface area contributed by atoms with Crippen molar-refractivity contribution in [2.45, 2.75) is 6.18 Å². The van der Waals surface area contributed by atoms with Gasteiger partial charge in [-0.1, -0.05) is 6.07 Å². The highest BCUT2D eigenvalue weighted by Gasteiger charge is 2.29. The van der Waals surface area contributed by atoms with Crippen molar-refractivity contribution in [2.24, 2.45) is 0 Å². The average molecular weight is 176 g/mol. The van der Waals surface area contributed by atoms with Crippen LogP contribution in [0.25, 0.3) is 0 Å². The van der Waals surface area contributed by atoms with E-state index in [1.54, 1.807) is 6.07 Å². The Hall–Kier alpha value is -1.26. The van der Waals surface area contributed by atoms with E-state index in [1.165, 1.54) is 18.3 Å². The Morgan fingerprint density at radius 2 is 2.08 bits per heavy atom. The molecule has 1 radical (unpaired) electrons. The number of halogens is 3. The Morgan fingerprint density at radius 3 is 2.58 bits per heavy atom. The van der Waals surface area contributed by atoms with Gasteiger partial charge in [-0.3, -0.25) is 0 Å². The van der Waals surface area contributed by atoms with Crippen LogP contribution < -0.4 is 4.74 Å². The third kappa shape index (κ3) is 3.23. The highest BCUT2D eigenvalue weighted by atomic mass is 19.4. The Bertz CT molecular complexity index is 234. The summed E-state index contributed by atoms with van der Waals surface area (Å²) in [5.41, 5.74) is 0. The van der Waals surface area contributed by atoms with Crippen LogP contribution in [0, 0.1) is 6.61 Å². The number of aromatic nitrogens is 1. The van der Waals surface area contributed by atoms with E-state index < -0.39 is 6.18 Å². The predicted octanol–water partition coefficient (Wildman–Crippen LogP) is 2.18. The molecule has 2 nitrogen and oxygen atoms in total. The van der Waals surface area contributed by atoms with Crippen molar-refractivity contribution < 1.29 is 17.9 Å². The lowest BCUT2D eigenvalue weighted by Gasteiger charge is -2.05. The van der Waals surface area contributed by atoms with Gasteiger partial charge in [0, 0.05) is 12.3 Å². The van der Waals surface area contributed by atoms with Crippen LogP contribution >= 0.6 is 0 Å². The molecular weight excluding hydrogens is 171 g/mol. The number of rotatable bonds is 2. The molecule has 0 amide bonds. The number of ether oxygens (including phenoxy) is 1. The molecule has 0 spiro atoms. The van der Waals surface area contributed by atoms with Gasteiger partial charge in [0.25, 0.3) is 0 Å². The fraction of sp³-hybridized carbons (Fsp3) is 0.143. The molecule has 0 N–H and O–H groups in total. The van der Waals surface area contributed by atoms with Gasteiger partial charge in [0.1, 0.15) is 0 Å². The quantitative estimate of drug-likeness (QED) is 0.688. The van der Waals surface area contributed by atoms with Crippen molar-refractivity contribution in [3.63, 3.8) is 0 Å². The molecule has 1 rings (SSSR count). The van der Waals surface area contributed by atoms with Gasteiger partial charge in [0.2, 0.25) is 12.5 Å². The van der Waals surface area contributed by atoms with Crippen molar-refractivity contribution in [1.29, 1.82) is 0 Å². The first-order chi connectivity index (χ1) is 5.58. The van der Waals surface area contributed by atoms with Crippen molar-refractivity contribution in [3.05, 3.63) is 31.0 Å². The van der Waals surface area contributed by atoms with E-state index >= 15 is 0 Å². The fourth-order valence-electron chi connectivity index (χ4n) is 0.544. The van der Waals surface area contributed by atoms with Gasteiger partial charge in [0.15, 0.2) is 0 Å². The highest BCUT2D eigenvalue weighted by molar-refractivity contribution is 5.09. The number of hydrogen-bond acceptors (Lipinski definition) is 2. The number of hydrogen-bond donors (Lipinski definition) is 0. The van der Waals surface area contributed by atoms with Gasteiger partial charge in [-0.25, -0.2) is 4.98 Å². The Morgan fingerprint density at radius 1 is 1.33 bits per heavy atom. The lowest BCUT2D eigenvalue weighted by atomic mass is 10.5. The molecule has 0 aliphatic rings. The summed E-state index contributed by atoms with van der Waals surface area (Å²) in [5.74, 6) is -0.0742. The second-order valence-corrected chi connectivity index (χ2v) is 1.95. The summed E-state index contributed by atoms with van der Waals surface area (Å²) in [6.07, 6.45) is -3.09. The van der Waals surface area contributed by atoms with Gasteiger partial charge >= 0.3 is 6.18 Å². The smallest absolute Gasteiger partial charge is 0.429 e. The second-order valence-electron chi connectivity index (χ2n) is 1.95. The third-order valence-corrected chi connectivity index (χ3v) is 0.951. The standard InChI is InChI=1S/C7H5F3NO/c8-7(9,10)5-12-6-3-1-2-4-11-6/h1-5H. The maximum atomic E-state index is 11.5. The normalized spacial score (nSPS) is 11.2. The van der Waals surface area contributed by atoms with E-state index in [0.29, 0.717) is 0 Å². The van der Waals surface area contributed by atoms with Crippen LogP contribution in [-0.4, -0.2) is 11.2 Å². The second kappa shape index (κ2) is 3.42. The van der Waals surface area contributed by atoms with Crippen LogP contribution in [0.3, 0.4) is 0 Å². The molecule has 12 heavy (non-hydrogen) atoms. The van der Waals surface area contributed by atoms with Crippen molar-refractivity contribution in [2.75, 3.05) is 0 Å². The lowest BCUT2D eigenvalue weighted by molar-refractivity contribution is -0.122. The molecule has 65 valence electrons. The highest BCUT2D eigenvalue weighted by Crippen LogP contribution is 2.19. The first kappa shape index (κ1) is 8.83. The van der Waals surface area contributed by atoms with E-state index in [1.807, 2.05) is 0 Å². The minimum absolute atomic E-state index is 0.0742. The molecule has 0 saturated carbocycles. The maximum Gasteiger partial charge on any atom is 0.429 e. The molecule has 0 aliphatic carbocycles. The molecular formula is C7H5F3NO. The van der Waals surface area contributed by atoms with Crippen LogP contribution in [0.5, 0.6) is 5.88 Å². The van der Waals surface area contributed by atoms with Gasteiger partial charge < -0.3 is 4.74 Å². The molecule has 0 aromatic carbocycles. The minimum atomic E-state index is -4.43. The van der Waals surface area contributed by atoms with Crippen LogP contribution in [0.1, 0.15) is 0 Å². The Labute approximate surface area is 67.0 Å². The first-order valence-electron chi connectivity index (χ1n) is 3.07. The van der Waals surface area contributed by atoms with E-state index in [0.717, 1.165) is 0 Å². The van der Waals surface area contributed by atoms with Gasteiger partial charge in [-0.2, -0.15) is 13.2 Å². The molecule has 0 aliphatic heterocycles. The lowest BCUT2D eigenvalue weighted by Crippen LogP contribution is -2.12. The largest absolute Gasteiger partial charge is 0.460 e. The fourth-order valence-corrected chi connectivity index (χ4v) is 0.544. The van der Waals surface area contributed by atoms with Crippen LogP contribution in [0.2, 0.25) is 0 Å². The van der Waals surface area contributed by atoms with E-state index in [-0.39, 0.29) is 12.5 Å². The Kier molecular flexibility index (Phi) is 2.52. The molecule has 0 atom stereocenters. The molecule has 5 heteroatoms. The molecule has 0 bridgehead atoms. The van der Waals surface area contributed by atoms with E-state index in [2.05, 4.69) is 9.72 Å². The van der Waals surface area contributed by atoms with E-state index in [9.17, 15) is 13.2 Å². The number of pyridine rings is 1. The average Bonchev–Trinajstić information content (AvgIpc) is 2.02. The van der Waals surface area contributed by atoms with E-state index in [4.69, 9.17) is 0 Å². The maximum absolute atomic E-state index is 11.5.